The molecule has 0 atom stereocenters. The molecule has 150 heavy (non-hydrogen) atoms. The van der Waals surface area contributed by atoms with Crippen LogP contribution >= 0.6 is 0 Å². The summed E-state index contributed by atoms with van der Waals surface area (Å²) in [5.41, 5.74) is 33.2. The summed E-state index contributed by atoms with van der Waals surface area (Å²) in [6.45, 7) is 0. The van der Waals surface area contributed by atoms with Gasteiger partial charge in [-0.05, 0) is 298 Å². The second-order valence-corrected chi connectivity index (χ2v) is 38.4. The summed E-state index contributed by atoms with van der Waals surface area (Å²) in [5.74, 6) is 0. The van der Waals surface area contributed by atoms with Crippen molar-refractivity contribution in [2.24, 2.45) is 0 Å². The largest absolute Gasteiger partial charge is 0.456 e. The van der Waals surface area contributed by atoms with Crippen molar-refractivity contribution in [3.63, 3.8) is 0 Å². The van der Waals surface area contributed by atoms with Crippen LogP contribution in [0.1, 0.15) is 24.8 Å². The van der Waals surface area contributed by atoms with Gasteiger partial charge in [0.2, 0.25) is 0 Å². The summed E-state index contributed by atoms with van der Waals surface area (Å²) in [4.78, 5) is 0. The molecule has 1 aliphatic carbocycles. The van der Waals surface area contributed by atoms with E-state index in [0.717, 1.165) is 99.3 Å². The van der Waals surface area contributed by atoms with Crippen molar-refractivity contribution in [3.8, 4) is 134 Å². The number of hydrogen-bond acceptors (Lipinski definition) is 3. The molecule has 0 bridgehead atoms. The lowest BCUT2D eigenvalue weighted by Gasteiger charge is -2.18. The SMILES string of the molecule is [2H]c1c([2H])c([2H])c(-c2ccc3c(c2)oc2cccc(-c4c5ccccc5c(-c5c([2H])c([2H])c([2H])c([2H])c5[2H])c5ccccc45)c23)c([2H])c1[2H].c1ccc(-c2c3ccccc3c(-c3ccc4oc5ccccc5c4c3)c3ccccc23)cc1.c1ccc(-c2ccc(-c3c4ccccc4c(-c4ccc5c(c4)-c4ccccc4C5)c4ccccc34)cc2)cc1.c1ccc(-c2ccc3c(c2)oc2cccc(-c4c5ccccc5c(-c5ccccc5)c5ccccc45)c23)cc1. The maximum absolute atomic E-state index is 8.82. The van der Waals surface area contributed by atoms with E-state index < -0.39 is 36.3 Å². The third kappa shape index (κ3) is 15.4. The third-order valence-electron chi connectivity index (χ3n) is 30.1. The molecule has 0 fully saturated rings. The van der Waals surface area contributed by atoms with E-state index in [1.54, 1.807) is 12.1 Å². The molecule has 3 heterocycles. The van der Waals surface area contributed by atoms with Crippen LogP contribution in [0, 0.1) is 0 Å². The number of hydrogen-bond donors (Lipinski definition) is 0. The minimum Gasteiger partial charge on any atom is -0.456 e. The summed E-state index contributed by atoms with van der Waals surface area (Å²) < 4.78 is 103. The molecule has 31 rings (SSSR count). The summed E-state index contributed by atoms with van der Waals surface area (Å²) in [5, 5.41) is 24.6. The first-order chi connectivity index (χ1) is 78.6. The Kier molecular flexibility index (Phi) is 19.5. The summed E-state index contributed by atoms with van der Waals surface area (Å²) in [6, 6.07) is 171. The Morgan fingerprint density at radius 1 is 0.133 bits per heavy atom. The lowest BCUT2D eigenvalue weighted by Crippen LogP contribution is -1.91. The highest BCUT2D eigenvalue weighted by Gasteiger charge is 2.28. The Bertz CT molecular complexity index is 10900. The third-order valence-corrected chi connectivity index (χ3v) is 30.1. The Labute approximate surface area is 882 Å². The van der Waals surface area contributed by atoms with Gasteiger partial charge < -0.3 is 13.3 Å². The monoisotopic (exact) mass is 1920 g/mol. The average Bonchev–Trinajstić information content (AvgIpc) is 1.33. The minimum absolute atomic E-state index is 0.0915. The first-order valence-corrected chi connectivity index (χ1v) is 50.9. The summed E-state index contributed by atoms with van der Waals surface area (Å²) >= 11 is 0. The van der Waals surface area contributed by atoms with Crippen molar-refractivity contribution < 1.29 is 27.0 Å². The van der Waals surface area contributed by atoms with E-state index in [9.17, 15) is 0 Å². The van der Waals surface area contributed by atoms with Crippen molar-refractivity contribution in [1.29, 1.82) is 0 Å². The molecule has 0 saturated carbocycles. The zero-order valence-corrected chi connectivity index (χ0v) is 81.3. The first-order valence-electron chi connectivity index (χ1n) is 55.9. The van der Waals surface area contributed by atoms with Crippen LogP contribution in [0.5, 0.6) is 0 Å². The van der Waals surface area contributed by atoms with E-state index in [2.05, 4.69) is 394 Å². The molecule has 3 nitrogen and oxygen atoms in total. The van der Waals surface area contributed by atoms with Gasteiger partial charge in [0, 0.05) is 32.3 Å². The summed E-state index contributed by atoms with van der Waals surface area (Å²) in [6.07, 6.45) is 1.02. The van der Waals surface area contributed by atoms with E-state index in [1.165, 1.54) is 170 Å². The van der Waals surface area contributed by atoms with Gasteiger partial charge in [-0.1, -0.05) is 497 Å². The van der Waals surface area contributed by atoms with Crippen LogP contribution in [-0.4, -0.2) is 0 Å². The van der Waals surface area contributed by atoms with Crippen LogP contribution in [0.2, 0.25) is 0 Å². The minimum atomic E-state index is -0.453. The van der Waals surface area contributed by atoms with E-state index in [4.69, 9.17) is 27.0 Å². The molecule has 0 saturated heterocycles. The van der Waals surface area contributed by atoms with Crippen LogP contribution in [0.25, 0.3) is 286 Å². The van der Waals surface area contributed by atoms with Gasteiger partial charge in [-0.2, -0.15) is 0 Å². The van der Waals surface area contributed by atoms with Crippen LogP contribution in [-0.2, 0) is 6.42 Å². The van der Waals surface area contributed by atoms with Crippen LogP contribution in [0.3, 0.4) is 0 Å². The molecule has 0 spiro atoms. The molecule has 0 amide bonds. The Morgan fingerprint density at radius 2 is 0.400 bits per heavy atom. The fraction of sp³-hybridized carbons (Fsp3) is 0.00680. The van der Waals surface area contributed by atoms with E-state index in [1.807, 2.05) is 91.0 Å². The van der Waals surface area contributed by atoms with Gasteiger partial charge in [0.05, 0.1) is 13.7 Å². The first kappa shape index (κ1) is 77.9. The number of furan rings is 3. The van der Waals surface area contributed by atoms with Gasteiger partial charge in [-0.3, -0.25) is 0 Å². The molecule has 3 aromatic heterocycles. The molecule has 0 unspecified atom stereocenters. The normalized spacial score (nSPS) is 12.6. The Balaban J connectivity index is 0.000000101. The molecule has 700 valence electrons. The van der Waals surface area contributed by atoms with Crippen molar-refractivity contribution in [3.05, 3.63) is 569 Å². The molecular weight excluding hydrogens is 1810 g/mol. The second-order valence-electron chi connectivity index (χ2n) is 38.4. The average molecular weight is 1920 g/mol. The molecule has 27 aromatic carbocycles. The van der Waals surface area contributed by atoms with Crippen LogP contribution in [0.15, 0.2) is 571 Å². The molecule has 1 aliphatic rings. The standard InChI is InChI=1S/C39H26.2C38H24O.C32H20O/c1-2-10-26(11-3-1)27-18-20-28(21-19-27)38-33-14-6-8-16-35(33)39(36-17-9-7-15-34(36)38)31-23-22-30-24-29-12-4-5-13-32(29)37(30)25-31;2*1-3-12-25(13-4-1)27-22-23-32-35(24-27)39-34-21-11-20-33(38(32)34)37-30-18-9-7-16-28(30)36(26-14-5-2-6-15-26)29-17-8-10-19-31(29)37;1-2-10-21(11-3-1)31-24-13-4-6-15-26(24)32(27-16-7-5-14-25(27)31)22-18-19-30-28(20-22)23-12-8-9-17-29(23)33-30/h1-23,25H,24H2;2*1-24H;1-20H/i;1D,2D,3D,4D,5D,6D,12D,13D,14D,15D;;. The van der Waals surface area contributed by atoms with Gasteiger partial charge in [-0.15, -0.1) is 0 Å². The molecule has 30 aromatic rings. The topological polar surface area (TPSA) is 39.4 Å². The molecule has 0 radical (unpaired) electrons. The quantitative estimate of drug-likeness (QED) is 0.121. The van der Waals surface area contributed by atoms with Gasteiger partial charge >= 0.3 is 0 Å². The van der Waals surface area contributed by atoms with Crippen LogP contribution in [0.4, 0.5) is 0 Å². The smallest absolute Gasteiger partial charge is 0.136 e. The van der Waals surface area contributed by atoms with Crippen molar-refractivity contribution >= 4 is 152 Å². The predicted octanol–water partition coefficient (Wildman–Crippen LogP) is 41.6. The van der Waals surface area contributed by atoms with Gasteiger partial charge in [0.25, 0.3) is 0 Å². The highest BCUT2D eigenvalue weighted by Crippen LogP contribution is 2.54. The maximum atomic E-state index is 8.82. The highest BCUT2D eigenvalue weighted by atomic mass is 16.3. The Morgan fingerprint density at radius 3 is 0.827 bits per heavy atom. The number of fused-ring (bicyclic) bond motifs is 20. The van der Waals surface area contributed by atoms with E-state index in [-0.39, 0.29) is 35.3 Å². The lowest BCUT2D eigenvalue weighted by molar-refractivity contribution is 0.668. The number of rotatable bonds is 11. The second kappa shape index (κ2) is 37.5. The maximum Gasteiger partial charge on any atom is 0.136 e. The fourth-order valence-corrected chi connectivity index (χ4v) is 23.6. The lowest BCUT2D eigenvalue weighted by atomic mass is 9.85. The number of benzene rings is 27. The van der Waals surface area contributed by atoms with Gasteiger partial charge in [-0.25, -0.2) is 0 Å². The van der Waals surface area contributed by atoms with Gasteiger partial charge in [0.15, 0.2) is 0 Å². The summed E-state index contributed by atoms with van der Waals surface area (Å²) in [7, 11) is 0. The van der Waals surface area contributed by atoms with Gasteiger partial charge in [0.1, 0.15) is 33.5 Å². The van der Waals surface area contributed by atoms with E-state index in [0.29, 0.717) is 22.3 Å². The zero-order valence-electron chi connectivity index (χ0n) is 91.3. The molecule has 3 heteroatoms. The molecule has 0 aliphatic heterocycles. The number of para-hydroxylation sites is 1. The van der Waals surface area contributed by atoms with E-state index >= 15 is 0 Å². The molecular formula is C147H94O3. The zero-order chi connectivity index (χ0) is 108. The fourth-order valence-electron chi connectivity index (χ4n) is 23.6. The highest BCUT2D eigenvalue weighted by molar-refractivity contribution is 6.30. The van der Waals surface area contributed by atoms with Crippen molar-refractivity contribution in [2.45, 2.75) is 6.42 Å². The van der Waals surface area contributed by atoms with Crippen molar-refractivity contribution in [2.75, 3.05) is 0 Å². The Hall–Kier alpha value is -19.6. The molecule has 0 N–H and O–H groups in total. The predicted molar refractivity (Wildman–Crippen MR) is 636 cm³/mol. The van der Waals surface area contributed by atoms with Crippen molar-refractivity contribution in [1.82, 2.24) is 0 Å². The van der Waals surface area contributed by atoms with Crippen LogP contribution < -0.4 is 0 Å².